The topological polar surface area (TPSA) is 94.2 Å². The number of nitrogens with zero attached hydrogens (tertiary/aromatic N) is 3. The minimum Gasteiger partial charge on any atom is -0.481 e. The van der Waals surface area contributed by atoms with E-state index in [0.717, 1.165) is 26.2 Å². The van der Waals surface area contributed by atoms with Crippen LogP contribution in [0.4, 0.5) is 5.82 Å². The molecule has 0 aliphatic heterocycles. The van der Waals surface area contributed by atoms with Crippen molar-refractivity contribution >= 4 is 27.4 Å². The van der Waals surface area contributed by atoms with Crippen molar-refractivity contribution < 1.29 is 9.84 Å². The normalized spacial score (nSPS) is 12.3. The zero-order valence-electron chi connectivity index (χ0n) is 14.9. The van der Waals surface area contributed by atoms with Crippen molar-refractivity contribution in [3.63, 3.8) is 0 Å². The summed E-state index contributed by atoms with van der Waals surface area (Å²) >= 11 is 1.40. The smallest absolute Gasteiger partial charge is 0.212 e. The van der Waals surface area contributed by atoms with Crippen molar-refractivity contribution in [1.82, 2.24) is 15.0 Å². The summed E-state index contributed by atoms with van der Waals surface area (Å²) in [7, 11) is 1.55. The number of fused-ring (bicyclic) bond motifs is 1. The van der Waals surface area contributed by atoms with E-state index in [1.807, 2.05) is 37.3 Å². The van der Waals surface area contributed by atoms with Crippen LogP contribution in [-0.2, 0) is 0 Å². The number of rotatable bonds is 4. The molecule has 0 saturated carbocycles. The van der Waals surface area contributed by atoms with Crippen LogP contribution in [0, 0.1) is 6.92 Å². The number of nitrogen functional groups attached to an aromatic ring is 1. The van der Waals surface area contributed by atoms with Crippen LogP contribution in [0.3, 0.4) is 0 Å². The van der Waals surface area contributed by atoms with E-state index in [1.165, 1.54) is 11.3 Å². The molecule has 6 nitrogen and oxygen atoms in total. The lowest BCUT2D eigenvalue weighted by Crippen LogP contribution is -1.98. The van der Waals surface area contributed by atoms with Crippen molar-refractivity contribution in [2.24, 2.45) is 0 Å². The fraction of sp³-hybridized carbons (Fsp3) is 0.150. The summed E-state index contributed by atoms with van der Waals surface area (Å²) in [6.07, 6.45) is 0.783. The number of aromatic nitrogens is 3. The number of pyridine rings is 1. The van der Waals surface area contributed by atoms with E-state index in [9.17, 15) is 5.11 Å². The molecular weight excluding hydrogens is 360 g/mol. The Kier molecular flexibility index (Phi) is 4.47. The molecule has 3 N–H and O–H groups in total. The average molecular weight is 378 g/mol. The second-order valence-electron chi connectivity index (χ2n) is 6.21. The van der Waals surface area contributed by atoms with Gasteiger partial charge in [0.05, 0.1) is 12.5 Å². The van der Waals surface area contributed by atoms with E-state index in [2.05, 4.69) is 15.0 Å². The van der Waals surface area contributed by atoms with Gasteiger partial charge in [-0.3, -0.25) is 0 Å². The van der Waals surface area contributed by atoms with Gasteiger partial charge in [0.25, 0.3) is 0 Å². The van der Waals surface area contributed by atoms with Gasteiger partial charge in [-0.15, -0.1) is 11.3 Å². The average Bonchev–Trinajstić information content (AvgIpc) is 3.12. The van der Waals surface area contributed by atoms with Crippen molar-refractivity contribution in [2.45, 2.75) is 13.0 Å². The Morgan fingerprint density at radius 3 is 2.70 bits per heavy atom. The zero-order valence-corrected chi connectivity index (χ0v) is 15.7. The minimum atomic E-state index is -0.815. The molecule has 0 bridgehead atoms. The van der Waals surface area contributed by atoms with Gasteiger partial charge < -0.3 is 15.6 Å². The van der Waals surface area contributed by atoms with Crippen molar-refractivity contribution in [2.75, 3.05) is 12.8 Å². The summed E-state index contributed by atoms with van der Waals surface area (Å²) in [6.45, 7) is 2.02. The van der Waals surface area contributed by atoms with E-state index >= 15 is 0 Å². The molecule has 27 heavy (non-hydrogen) atoms. The van der Waals surface area contributed by atoms with Crippen LogP contribution in [0.25, 0.3) is 21.6 Å². The number of aliphatic hydroxyl groups is 1. The summed E-state index contributed by atoms with van der Waals surface area (Å²) in [5.74, 6) is 1.48. The number of anilines is 1. The summed E-state index contributed by atoms with van der Waals surface area (Å²) in [6, 6.07) is 13.3. The van der Waals surface area contributed by atoms with E-state index in [1.54, 1.807) is 25.4 Å². The summed E-state index contributed by atoms with van der Waals surface area (Å²) < 4.78 is 5.06. The third-order valence-corrected chi connectivity index (χ3v) is 5.35. The second kappa shape index (κ2) is 6.94. The number of benzene rings is 1. The van der Waals surface area contributed by atoms with E-state index in [-0.39, 0.29) is 0 Å². The molecule has 4 aromatic rings. The Morgan fingerprint density at radius 1 is 1.15 bits per heavy atom. The highest BCUT2D eigenvalue weighted by Gasteiger charge is 2.18. The molecule has 0 fully saturated rings. The number of aliphatic hydroxyl groups excluding tert-OH is 1. The largest absolute Gasteiger partial charge is 0.481 e. The van der Waals surface area contributed by atoms with Crippen LogP contribution >= 0.6 is 11.3 Å². The van der Waals surface area contributed by atoms with Gasteiger partial charge in [0.2, 0.25) is 5.88 Å². The summed E-state index contributed by atoms with van der Waals surface area (Å²) in [5, 5.41) is 11.5. The molecule has 1 aromatic carbocycles. The predicted molar refractivity (Wildman–Crippen MR) is 107 cm³/mol. The SMILES string of the molecule is COc1ccc(C(O)c2cc3c(N)nc(-c4cccc(C)c4)nc3s2)cn1. The maximum absolute atomic E-state index is 10.7. The third-order valence-electron chi connectivity index (χ3n) is 4.27. The lowest BCUT2D eigenvalue weighted by molar-refractivity contribution is 0.223. The number of hydrogen-bond acceptors (Lipinski definition) is 7. The number of hydrogen-bond donors (Lipinski definition) is 2. The Hall–Kier alpha value is -3.03. The van der Waals surface area contributed by atoms with Crippen molar-refractivity contribution in [3.05, 3.63) is 64.7 Å². The molecule has 1 atom stereocenters. The minimum absolute atomic E-state index is 0.402. The van der Waals surface area contributed by atoms with Crippen LogP contribution in [0.1, 0.15) is 22.1 Å². The van der Waals surface area contributed by atoms with Gasteiger partial charge in [0, 0.05) is 28.3 Å². The monoisotopic (exact) mass is 378 g/mol. The Morgan fingerprint density at radius 2 is 2.00 bits per heavy atom. The van der Waals surface area contributed by atoms with Crippen LogP contribution in [0.15, 0.2) is 48.7 Å². The molecule has 0 radical (unpaired) electrons. The van der Waals surface area contributed by atoms with Crippen molar-refractivity contribution in [1.29, 1.82) is 0 Å². The molecule has 1 unspecified atom stereocenters. The van der Waals surface area contributed by atoms with Gasteiger partial charge in [-0.1, -0.05) is 23.8 Å². The third kappa shape index (κ3) is 3.34. The van der Waals surface area contributed by atoms with Crippen LogP contribution < -0.4 is 10.5 Å². The standard InChI is InChI=1S/C20H18N4O2S/c1-11-4-3-5-12(8-11)19-23-18(21)14-9-15(27-20(14)24-19)17(25)13-6-7-16(26-2)22-10-13/h3-10,17,25H,1-2H3,(H2,21,23,24). The first-order chi connectivity index (χ1) is 13.0. The number of aryl methyl sites for hydroxylation is 1. The highest BCUT2D eigenvalue weighted by molar-refractivity contribution is 7.18. The second-order valence-corrected chi connectivity index (χ2v) is 7.27. The Balaban J connectivity index is 1.74. The summed E-state index contributed by atoms with van der Waals surface area (Å²) in [4.78, 5) is 14.7. The van der Waals surface area contributed by atoms with Gasteiger partial charge in [0.15, 0.2) is 5.82 Å². The summed E-state index contributed by atoms with van der Waals surface area (Å²) in [5.41, 5.74) is 8.89. The molecular formula is C20H18N4O2S. The van der Waals surface area contributed by atoms with Crippen LogP contribution in [-0.4, -0.2) is 27.2 Å². The lowest BCUT2D eigenvalue weighted by atomic mass is 10.1. The molecule has 0 spiro atoms. The lowest BCUT2D eigenvalue weighted by Gasteiger charge is -2.08. The number of thiophene rings is 1. The molecule has 4 rings (SSSR count). The fourth-order valence-electron chi connectivity index (χ4n) is 2.85. The highest BCUT2D eigenvalue weighted by Crippen LogP contribution is 2.35. The molecule has 0 aliphatic carbocycles. The predicted octanol–water partition coefficient (Wildman–Crippen LogP) is 3.73. The number of methoxy groups -OCH3 is 1. The van der Waals surface area contributed by atoms with Crippen LogP contribution in [0.5, 0.6) is 5.88 Å². The van der Waals surface area contributed by atoms with Gasteiger partial charge in [-0.05, 0) is 25.1 Å². The number of ether oxygens (including phenoxy) is 1. The van der Waals surface area contributed by atoms with Gasteiger partial charge in [0.1, 0.15) is 16.8 Å². The maximum atomic E-state index is 10.7. The molecule has 7 heteroatoms. The first-order valence-electron chi connectivity index (χ1n) is 8.37. The number of nitrogens with two attached hydrogens (primary N) is 1. The molecule has 0 aliphatic rings. The van der Waals surface area contributed by atoms with Crippen LogP contribution in [0.2, 0.25) is 0 Å². The molecule has 3 heterocycles. The Labute approximate surface area is 160 Å². The van der Waals surface area contributed by atoms with Gasteiger partial charge in [-0.2, -0.15) is 0 Å². The van der Waals surface area contributed by atoms with E-state index in [4.69, 9.17) is 10.5 Å². The first-order valence-corrected chi connectivity index (χ1v) is 9.19. The van der Waals surface area contributed by atoms with Gasteiger partial charge >= 0.3 is 0 Å². The molecule has 136 valence electrons. The van der Waals surface area contributed by atoms with E-state index in [0.29, 0.717) is 23.1 Å². The highest BCUT2D eigenvalue weighted by atomic mass is 32.1. The molecule has 3 aromatic heterocycles. The fourth-order valence-corrected chi connectivity index (χ4v) is 3.90. The molecule has 0 amide bonds. The van der Waals surface area contributed by atoms with E-state index < -0.39 is 6.10 Å². The first kappa shape index (κ1) is 17.4. The Bertz CT molecular complexity index is 1110. The molecule has 0 saturated heterocycles. The quantitative estimate of drug-likeness (QED) is 0.562. The maximum Gasteiger partial charge on any atom is 0.212 e. The zero-order chi connectivity index (χ0) is 19.0. The van der Waals surface area contributed by atoms with Crippen molar-refractivity contribution in [3.8, 4) is 17.3 Å². The van der Waals surface area contributed by atoms with Gasteiger partial charge in [-0.25, -0.2) is 15.0 Å².